The molecule has 15 atom stereocenters. The van der Waals surface area contributed by atoms with E-state index in [2.05, 4.69) is 0 Å². The molecule has 0 aromatic rings. The predicted molar refractivity (Wildman–Crippen MR) is 101 cm³/mol. The highest BCUT2D eigenvalue weighted by Gasteiger charge is 2.53. The molecule has 3 heterocycles. The van der Waals surface area contributed by atoms with Crippen LogP contribution >= 0.6 is 0 Å². The van der Waals surface area contributed by atoms with Crippen molar-refractivity contribution in [3.8, 4) is 0 Å². The van der Waals surface area contributed by atoms with Crippen LogP contribution in [0.5, 0.6) is 0 Å². The van der Waals surface area contributed by atoms with Gasteiger partial charge in [-0.3, -0.25) is 0 Å². The molecule has 0 radical (unpaired) electrons. The quantitative estimate of drug-likeness (QED) is 0.154. The van der Waals surface area contributed by atoms with Crippen LogP contribution < -0.4 is 0 Å². The summed E-state index contributed by atoms with van der Waals surface area (Å²) >= 11 is 0. The molecule has 0 aliphatic carbocycles. The zero-order valence-electron chi connectivity index (χ0n) is 17.7. The van der Waals surface area contributed by atoms with Crippen molar-refractivity contribution in [2.45, 2.75) is 92.1 Å². The third-order valence-corrected chi connectivity index (χ3v) is 6.09. The summed E-state index contributed by atoms with van der Waals surface area (Å²) in [5.41, 5.74) is 0. The summed E-state index contributed by atoms with van der Waals surface area (Å²) < 4.78 is 26.2. The van der Waals surface area contributed by atoms with Crippen molar-refractivity contribution in [1.82, 2.24) is 0 Å². The van der Waals surface area contributed by atoms with Crippen molar-refractivity contribution in [2.24, 2.45) is 0 Å². The number of ether oxygens (including phenoxy) is 5. The molecule has 200 valence electrons. The molecular weight excluding hydrogens is 472 g/mol. The van der Waals surface area contributed by atoms with Gasteiger partial charge in [0, 0.05) is 0 Å². The Morgan fingerprint density at radius 2 is 0.853 bits per heavy atom. The highest BCUT2D eigenvalue weighted by atomic mass is 16.7. The summed E-state index contributed by atoms with van der Waals surface area (Å²) in [5, 5.41) is 110. The monoisotopic (exact) mass is 504 g/mol. The SMILES string of the molecule is OC[C@H]1O[C@@H](O[C@@H]2[C@H](O)[C@H](O[C@@H]3[C@H](O)[C@H](O)O[C@H](CO)[C@H]3O)O[C@H](CO)[C@H]2O)[C@@H](O)[C@@H](O)[C@@H]1O. The van der Waals surface area contributed by atoms with Crippen LogP contribution in [0.15, 0.2) is 0 Å². The lowest BCUT2D eigenvalue weighted by atomic mass is 9.96. The lowest BCUT2D eigenvalue weighted by Crippen LogP contribution is -2.66. The van der Waals surface area contributed by atoms with Gasteiger partial charge >= 0.3 is 0 Å². The minimum absolute atomic E-state index is 0.750. The summed E-state index contributed by atoms with van der Waals surface area (Å²) in [6, 6.07) is 0. The van der Waals surface area contributed by atoms with Crippen LogP contribution in [0.3, 0.4) is 0 Å². The van der Waals surface area contributed by atoms with Crippen LogP contribution in [0.4, 0.5) is 0 Å². The zero-order chi connectivity index (χ0) is 25.3. The van der Waals surface area contributed by atoms with Gasteiger partial charge in [0.15, 0.2) is 18.9 Å². The third-order valence-electron chi connectivity index (χ3n) is 6.09. The Kier molecular flexibility index (Phi) is 9.54. The average molecular weight is 504 g/mol. The minimum atomic E-state index is -1.92. The summed E-state index contributed by atoms with van der Waals surface area (Å²) in [6.45, 7) is -2.33. The van der Waals surface area contributed by atoms with E-state index in [1.165, 1.54) is 0 Å². The first-order valence-electron chi connectivity index (χ1n) is 10.6. The lowest BCUT2D eigenvalue weighted by molar-refractivity contribution is -0.379. The van der Waals surface area contributed by atoms with Gasteiger partial charge in [0.05, 0.1) is 19.8 Å². The van der Waals surface area contributed by atoms with Gasteiger partial charge in [0.1, 0.15) is 73.2 Å². The second-order valence-electron chi connectivity index (χ2n) is 8.33. The molecule has 16 heteroatoms. The Balaban J connectivity index is 1.78. The molecule has 0 unspecified atom stereocenters. The molecule has 3 fully saturated rings. The molecule has 3 rings (SSSR count). The van der Waals surface area contributed by atoms with Crippen molar-refractivity contribution >= 4 is 0 Å². The fraction of sp³-hybridized carbons (Fsp3) is 1.00. The van der Waals surface area contributed by atoms with Gasteiger partial charge in [0.2, 0.25) is 0 Å². The molecule has 0 bridgehead atoms. The van der Waals surface area contributed by atoms with Gasteiger partial charge in [-0.15, -0.1) is 0 Å². The number of hydrogen-bond acceptors (Lipinski definition) is 16. The molecule has 0 amide bonds. The van der Waals surface area contributed by atoms with Crippen molar-refractivity contribution < 1.29 is 79.9 Å². The molecule has 3 saturated heterocycles. The van der Waals surface area contributed by atoms with Crippen LogP contribution in [0, 0.1) is 0 Å². The van der Waals surface area contributed by atoms with E-state index >= 15 is 0 Å². The molecule has 0 saturated carbocycles. The van der Waals surface area contributed by atoms with Crippen LogP contribution in [-0.4, -0.2) is 168 Å². The number of rotatable bonds is 7. The molecule has 3 aliphatic rings. The highest BCUT2D eigenvalue weighted by molar-refractivity contribution is 4.96. The van der Waals surface area contributed by atoms with Gasteiger partial charge in [-0.25, -0.2) is 0 Å². The van der Waals surface area contributed by atoms with Crippen LogP contribution in [0.25, 0.3) is 0 Å². The van der Waals surface area contributed by atoms with E-state index in [0.29, 0.717) is 0 Å². The number of hydrogen-bond donors (Lipinski definition) is 11. The van der Waals surface area contributed by atoms with Crippen LogP contribution in [0.2, 0.25) is 0 Å². The van der Waals surface area contributed by atoms with Crippen molar-refractivity contribution in [2.75, 3.05) is 19.8 Å². The summed E-state index contributed by atoms with van der Waals surface area (Å²) in [4.78, 5) is 0. The first kappa shape index (κ1) is 27.9. The Morgan fingerprint density at radius 1 is 0.441 bits per heavy atom. The molecule has 0 aromatic carbocycles. The second kappa shape index (κ2) is 11.6. The molecule has 34 heavy (non-hydrogen) atoms. The minimum Gasteiger partial charge on any atom is -0.394 e. The van der Waals surface area contributed by atoms with E-state index < -0.39 is 112 Å². The van der Waals surface area contributed by atoms with E-state index in [1.807, 2.05) is 0 Å². The zero-order valence-corrected chi connectivity index (χ0v) is 17.7. The van der Waals surface area contributed by atoms with Crippen molar-refractivity contribution in [3.63, 3.8) is 0 Å². The van der Waals surface area contributed by atoms with E-state index in [4.69, 9.17) is 23.7 Å². The maximum Gasteiger partial charge on any atom is 0.187 e. The second-order valence-corrected chi connectivity index (χ2v) is 8.33. The van der Waals surface area contributed by atoms with E-state index in [1.54, 1.807) is 0 Å². The molecular formula is C18H32O16. The van der Waals surface area contributed by atoms with E-state index in [-0.39, 0.29) is 0 Å². The predicted octanol–water partition coefficient (Wildman–Crippen LogP) is -7.57. The number of aliphatic hydroxyl groups is 11. The van der Waals surface area contributed by atoms with E-state index in [0.717, 1.165) is 0 Å². The van der Waals surface area contributed by atoms with Gasteiger partial charge in [-0.1, -0.05) is 0 Å². The maximum atomic E-state index is 10.7. The smallest absolute Gasteiger partial charge is 0.187 e. The van der Waals surface area contributed by atoms with Gasteiger partial charge in [-0.2, -0.15) is 0 Å². The third kappa shape index (κ3) is 5.37. The van der Waals surface area contributed by atoms with Crippen molar-refractivity contribution in [3.05, 3.63) is 0 Å². The Morgan fingerprint density at radius 3 is 1.35 bits per heavy atom. The van der Waals surface area contributed by atoms with Crippen LogP contribution in [0.1, 0.15) is 0 Å². The Labute approximate surface area is 192 Å². The number of aliphatic hydroxyl groups excluding tert-OH is 11. The molecule has 0 aromatic heterocycles. The Bertz CT molecular complexity index is 639. The normalized spacial score (nSPS) is 52.5. The van der Waals surface area contributed by atoms with Gasteiger partial charge in [0.25, 0.3) is 0 Å². The fourth-order valence-electron chi connectivity index (χ4n) is 4.04. The molecule has 11 N–H and O–H groups in total. The average Bonchev–Trinajstić information content (AvgIpc) is 2.82. The van der Waals surface area contributed by atoms with Gasteiger partial charge in [-0.05, 0) is 0 Å². The summed E-state index contributed by atoms with van der Waals surface area (Å²) in [6.07, 6.45) is -25.5. The molecule has 3 aliphatic heterocycles. The van der Waals surface area contributed by atoms with E-state index in [9.17, 15) is 56.2 Å². The lowest BCUT2D eigenvalue weighted by Gasteiger charge is -2.47. The fourth-order valence-corrected chi connectivity index (χ4v) is 4.04. The Hall–Kier alpha value is -0.640. The first-order chi connectivity index (χ1) is 16.0. The largest absolute Gasteiger partial charge is 0.394 e. The summed E-state index contributed by atoms with van der Waals surface area (Å²) in [7, 11) is 0. The van der Waals surface area contributed by atoms with Crippen LogP contribution in [-0.2, 0) is 23.7 Å². The maximum absolute atomic E-state index is 10.7. The standard InChI is InChI=1S/C18H32O16/c19-1-4-7(22)10(25)11(26)17(31-4)34-15-9(24)6(3-21)32-18(13(15)28)33-14-8(23)5(2-20)30-16(29)12(14)27/h4-29H,1-3H2/t4-,5-,6-,7-,8-,9-,10+,11+,12+,13+,14+,15+,16-,17+,18+/m1/s1. The topological polar surface area (TPSA) is 269 Å². The first-order valence-corrected chi connectivity index (χ1v) is 10.6. The van der Waals surface area contributed by atoms with Crippen molar-refractivity contribution in [1.29, 1.82) is 0 Å². The van der Waals surface area contributed by atoms with Gasteiger partial charge < -0.3 is 79.9 Å². The summed E-state index contributed by atoms with van der Waals surface area (Å²) in [5.74, 6) is 0. The highest BCUT2D eigenvalue weighted by Crippen LogP contribution is 2.32. The molecule has 16 nitrogen and oxygen atoms in total. The molecule has 0 spiro atoms.